The number of carbonyl (C=O) groups is 4. The first-order valence-electron chi connectivity index (χ1n) is 46.3. The Morgan fingerprint density at radius 1 is 0.540 bits per heavy atom. The second-order valence-electron chi connectivity index (χ2n) is 40.9. The molecule has 3 aliphatic rings. The Bertz CT molecular complexity index is 6060. The van der Waals surface area contributed by atoms with E-state index in [2.05, 4.69) is 102 Å². The number of nitrogen functional groups attached to an aromatic ring is 1. The number of carboxylic acids is 1. The molecule has 0 bridgehead atoms. The molecule has 0 radical (unpaired) electrons. The van der Waals surface area contributed by atoms with Gasteiger partial charge in [0.05, 0.1) is 111 Å². The van der Waals surface area contributed by atoms with E-state index in [-0.39, 0.29) is 77.3 Å². The molecule has 8 N–H and O–H groups in total. The van der Waals surface area contributed by atoms with Gasteiger partial charge in [0.1, 0.15) is 36.1 Å². The Balaban J connectivity index is 0.000000287. The first kappa shape index (κ1) is 117. The molecule has 13 rings (SSSR count). The molecule has 3 amide bonds. The van der Waals surface area contributed by atoms with Crippen LogP contribution in [0.4, 0.5) is 26.7 Å². The molecule has 8 aromatic carbocycles. The standard InChI is InChI=1S/C40H48N6O4S.C23H29N3OS.C17H21N3O4.C17H22N2OS.C10H16NSi.2ClH.Mg/c1-27-21-35(46(44-27)34-16-9-12-30(23-34)26-42-37(48)50-38(2,3)4)36(47)43-33-15-10-14-32(24-33)40(20-19-28-17-18-28,45-51(49)39(5,6)7)31-13-8-11-29(22-31)25-41;1-22(2,3)28(27)26-23(13-12-17-10-11-17,20-8-5-9-21(25)15-20)19-7-4-6-18(14-19)16-24;1-11-8-14(15(21)22)20(19-11)13-7-5-6-12(9-13)10-18-16(23)24-17(2,3)4;1-17(2,3)21(20)19-16(10-9-13-7-8-13)15-6-4-5-14(11-15)12-18;1-11(12(2,3)4)10-8-6-5-7-9-10;;;/h8-16,21-24,28,45H,17-20,26H2,1-7H3,(H,42,48)(H,43,47);4-9,14-15,17,26H,10-13,25H2,1-3H3;5-9H,10H2,1-4H3,(H,18,23)(H,21,22);4-6,11,13H,7-10H2,1-3H3;5-6,8-9H,1-4H3;2*1H;/q;;;;-1;;;+2/p-1/t40?,51-;;;;;;;/m1......./s1. The Kier molecular flexibility index (Phi) is 43.5. The second-order valence-corrected chi connectivity index (χ2v) is 51.7. The van der Waals surface area contributed by atoms with E-state index in [0.29, 0.717) is 68.9 Å². The maximum atomic E-state index is 14.0. The Morgan fingerprint density at radius 2 is 0.950 bits per heavy atom. The number of rotatable bonds is 30. The molecule has 10 aromatic rings. The summed E-state index contributed by atoms with van der Waals surface area (Å²) in [6.07, 6.45) is 11.8. The fraction of sp³-hybridized carbons (Fsp3) is 0.421. The number of hydrogen-bond acceptors (Lipinski definition) is 16. The summed E-state index contributed by atoms with van der Waals surface area (Å²) in [6.45, 7) is 39.3. The van der Waals surface area contributed by atoms with Crippen molar-refractivity contribution >= 4 is 123 Å². The molecule has 4 unspecified atom stereocenters. The number of alkyl carbamates (subject to hydrolysis) is 2. The molecule has 0 aliphatic heterocycles. The van der Waals surface area contributed by atoms with Crippen molar-refractivity contribution in [2.24, 2.45) is 22.2 Å². The number of anilines is 3. The van der Waals surface area contributed by atoms with E-state index >= 15 is 0 Å². The zero-order chi connectivity index (χ0) is 99.9. The molecule has 738 valence electrons. The molecule has 2 aromatic heterocycles. The van der Waals surface area contributed by atoms with Crippen LogP contribution < -0.4 is 48.1 Å². The molecular formula is C107H137Cl2MgN15O10S3Si. The van der Waals surface area contributed by atoms with Crippen LogP contribution in [0, 0.1) is 71.7 Å². The fourth-order valence-corrected chi connectivity index (χ4v) is 17.9. The third kappa shape index (κ3) is 36.7. The van der Waals surface area contributed by atoms with Crippen molar-refractivity contribution in [1.29, 1.82) is 15.8 Å². The Morgan fingerprint density at radius 3 is 1.36 bits per heavy atom. The van der Waals surface area contributed by atoms with Gasteiger partial charge in [0, 0.05) is 24.5 Å². The maximum absolute atomic E-state index is 14.0. The smallest absolute Gasteiger partial charge is 1.00 e. The van der Waals surface area contributed by atoms with Gasteiger partial charge in [-0.25, -0.2) is 45.8 Å². The Labute approximate surface area is 860 Å². The number of carboxylic acid groups (broad SMARTS) is 1. The predicted molar refractivity (Wildman–Crippen MR) is 562 cm³/mol. The molecule has 0 saturated heterocycles. The van der Waals surface area contributed by atoms with Crippen LogP contribution in [0.5, 0.6) is 0 Å². The number of hydrogen-bond donors (Lipinski definition) is 7. The molecule has 3 saturated carbocycles. The predicted octanol–water partition coefficient (Wildman–Crippen LogP) is 19.1. The summed E-state index contributed by atoms with van der Waals surface area (Å²) in [7, 11) is -3.03. The quantitative estimate of drug-likeness (QED) is 0.00951. The summed E-state index contributed by atoms with van der Waals surface area (Å²) < 4.78 is 65.4. The van der Waals surface area contributed by atoms with E-state index in [1.807, 2.05) is 242 Å². The monoisotopic (exact) mass is 2010 g/mol. The normalized spacial score (nSPS) is 14.5. The summed E-state index contributed by atoms with van der Waals surface area (Å²) in [6, 6.07) is 73.7. The average Bonchev–Trinajstić information content (AvgIpc) is 1.74. The third-order valence-corrected chi connectivity index (χ3v) is 29.6. The van der Waals surface area contributed by atoms with Gasteiger partial charge < -0.3 is 53.2 Å². The van der Waals surface area contributed by atoms with Gasteiger partial charge in [-0.2, -0.15) is 60.7 Å². The minimum absolute atomic E-state index is 0. The van der Waals surface area contributed by atoms with Crippen molar-refractivity contribution in [3.63, 3.8) is 0 Å². The maximum Gasteiger partial charge on any atom is 2.00 e. The van der Waals surface area contributed by atoms with Gasteiger partial charge >= 0.3 is 41.2 Å². The summed E-state index contributed by atoms with van der Waals surface area (Å²) in [5, 5.41) is 54.9. The van der Waals surface area contributed by atoms with Crippen molar-refractivity contribution in [2.45, 2.75) is 264 Å². The van der Waals surface area contributed by atoms with Crippen molar-refractivity contribution in [2.75, 3.05) is 22.7 Å². The third-order valence-electron chi connectivity index (χ3n) is 22.6. The van der Waals surface area contributed by atoms with Crippen LogP contribution in [0.3, 0.4) is 0 Å². The molecule has 5 atom stereocenters. The number of nitrogens with zero attached hydrogens (tertiary/aromatic N) is 9. The molecule has 32 heteroatoms. The topological polar surface area (TPSA) is 367 Å². The molecule has 139 heavy (non-hydrogen) atoms. The molecule has 3 aliphatic carbocycles. The van der Waals surface area contributed by atoms with Crippen molar-refractivity contribution < 1.29 is 58.8 Å². The van der Waals surface area contributed by atoms with Gasteiger partial charge in [-0.05, 0) is 317 Å². The molecule has 2 heterocycles. The van der Waals surface area contributed by atoms with E-state index in [1.165, 1.54) is 55.0 Å². The number of halogens is 2. The van der Waals surface area contributed by atoms with E-state index in [4.69, 9.17) is 20.5 Å². The van der Waals surface area contributed by atoms with Crippen LogP contribution >= 0.6 is 12.4 Å². The first-order chi connectivity index (χ1) is 63.9. The van der Waals surface area contributed by atoms with Crippen LogP contribution in [0.15, 0.2) is 211 Å². The number of aromatic carboxylic acids is 1. The number of aryl methyl sites for hydroxylation is 2. The van der Waals surface area contributed by atoms with Gasteiger partial charge in [-0.3, -0.25) is 4.79 Å². The number of nitrogens with one attached hydrogen (secondary N) is 5. The van der Waals surface area contributed by atoms with E-state index < -0.39 is 91.1 Å². The van der Waals surface area contributed by atoms with Crippen LogP contribution in [0.25, 0.3) is 11.4 Å². The number of benzene rings is 8. The number of nitriles is 3. The van der Waals surface area contributed by atoms with E-state index in [1.54, 1.807) is 74.8 Å². The largest absolute Gasteiger partial charge is 2.00 e. The van der Waals surface area contributed by atoms with Crippen LogP contribution in [-0.4, -0.2) is 131 Å². The summed E-state index contributed by atoms with van der Waals surface area (Å²) in [4.78, 5) is 49.2. The zero-order valence-corrected chi connectivity index (χ0v) is 90.6. The summed E-state index contributed by atoms with van der Waals surface area (Å²) >= 11 is 0. The van der Waals surface area contributed by atoms with Gasteiger partial charge in [-0.15, -0.1) is 12.4 Å². The number of ether oxygens (including phenoxy) is 2. The van der Waals surface area contributed by atoms with Gasteiger partial charge in [0.2, 0.25) is 0 Å². The van der Waals surface area contributed by atoms with E-state index in [9.17, 15) is 47.4 Å². The minimum Gasteiger partial charge on any atom is -1.00 e. The minimum atomic E-state index is -1.45. The summed E-state index contributed by atoms with van der Waals surface area (Å²) in [5.74, 6) is 0.729. The van der Waals surface area contributed by atoms with E-state index in [0.717, 1.165) is 88.6 Å². The average molecular weight is 2010 g/mol. The Hall–Kier alpha value is -10.7. The van der Waals surface area contributed by atoms with Crippen molar-refractivity contribution in [3.05, 3.63) is 291 Å². The number of aromatic nitrogens is 4. The van der Waals surface area contributed by atoms with Crippen molar-refractivity contribution in [3.8, 4) is 29.6 Å². The number of nitrogens with two attached hydrogens (primary N) is 1. The van der Waals surface area contributed by atoms with Crippen LogP contribution in [0.1, 0.15) is 269 Å². The van der Waals surface area contributed by atoms with Gasteiger partial charge in [-0.1, -0.05) is 149 Å². The van der Waals surface area contributed by atoms with Crippen LogP contribution in [0.2, 0.25) is 19.6 Å². The zero-order valence-electron chi connectivity index (χ0n) is 84.2. The van der Waals surface area contributed by atoms with Gasteiger partial charge in [0.25, 0.3) is 5.91 Å². The van der Waals surface area contributed by atoms with Crippen LogP contribution in [-0.2, 0) is 66.6 Å². The number of amides is 3. The second kappa shape index (κ2) is 51.7. The molecular weight excluding hydrogens is 1870 g/mol. The summed E-state index contributed by atoms with van der Waals surface area (Å²) in [5.41, 5.74) is 17.7. The SMILES string of the molecule is CC(C)(C)S(=O)N=C(CCC1CC1)c1cccc(C#N)c1.CC(C)(C)S(=O)NC(CCC1CC1)(c1cccc(N)c1)c1cccc(C#N)c1.CN(c1c[c-]ccc1)[Si](C)(C)C.Cc1cc(C(=O)Nc2cccc(C(CCC3CC3)(N[S@](=O)C(C)(C)C)c3cccc(C#N)c3)c2)n(-c2cccc(CNC(=O)OC(C)(C)C)c2)n1.Cc1cc(C(=O)O)n(-c2cccc(CNC(=O)OC(C)(C)C)c2)n1.Cl.[Cl-].[Mg+2]. The molecule has 3 fully saturated rings. The number of carbonyl (C=O) groups excluding carboxylic acids is 3. The first-order valence-corrected chi connectivity index (χ1v) is 53.1. The molecule has 0 spiro atoms. The molecule has 25 nitrogen and oxygen atoms in total. The van der Waals surface area contributed by atoms with Crippen molar-refractivity contribution in [1.82, 2.24) is 39.6 Å². The van der Waals surface area contributed by atoms with Gasteiger partial charge in [0.15, 0.2) is 5.69 Å². The fourth-order valence-electron chi connectivity index (χ4n) is 14.4.